The Morgan fingerprint density at radius 2 is 2.28 bits per heavy atom. The monoisotopic (exact) mass is 273 g/mol. The lowest BCUT2D eigenvalue weighted by atomic mass is 10.0. The molecule has 8 heteroatoms. The van der Waals surface area contributed by atoms with E-state index in [0.29, 0.717) is 11.3 Å². The van der Waals surface area contributed by atoms with E-state index in [1.807, 2.05) is 0 Å². The van der Waals surface area contributed by atoms with Crippen molar-refractivity contribution in [3.8, 4) is 0 Å². The molecule has 0 radical (unpaired) electrons. The topological polar surface area (TPSA) is 112 Å². The number of aliphatic carboxylic acids is 1. The number of hydrogen-bond donors (Lipinski definition) is 2. The van der Waals surface area contributed by atoms with Crippen molar-refractivity contribution in [1.82, 2.24) is 4.90 Å². The lowest BCUT2D eigenvalue weighted by Gasteiger charge is -2.45. The van der Waals surface area contributed by atoms with Gasteiger partial charge in [-0.1, -0.05) is 0 Å². The van der Waals surface area contributed by atoms with E-state index in [1.165, 1.54) is 23.6 Å². The van der Waals surface area contributed by atoms with Crippen molar-refractivity contribution in [3.63, 3.8) is 0 Å². The summed E-state index contributed by atoms with van der Waals surface area (Å²) in [6.45, 7) is 1.16. The van der Waals surface area contributed by atoms with Crippen LogP contribution in [-0.2, 0) is 19.1 Å². The minimum absolute atomic E-state index is 0.0649. The van der Waals surface area contributed by atoms with Crippen LogP contribution in [0.4, 0.5) is 0 Å². The van der Waals surface area contributed by atoms with E-state index in [-0.39, 0.29) is 23.6 Å². The average Bonchev–Trinajstić information content (AvgIpc) is 2.33. The smallest absolute Gasteiger partial charge is 0.352 e. The second-order valence-electron chi connectivity index (χ2n) is 4.05. The van der Waals surface area contributed by atoms with Crippen LogP contribution in [0.5, 0.6) is 0 Å². The van der Waals surface area contributed by atoms with E-state index in [9.17, 15) is 19.5 Å². The molecule has 4 N–H and O–H groups in total. The summed E-state index contributed by atoms with van der Waals surface area (Å²) >= 11 is 1.44. The average molecular weight is 273 g/mol. The van der Waals surface area contributed by atoms with Crippen molar-refractivity contribution >= 4 is 29.6 Å². The highest BCUT2D eigenvalue weighted by Gasteiger charge is 2.54. The molecular formula is C10H13N2O5S+. The Hall–Kier alpha value is -1.54. The van der Waals surface area contributed by atoms with Crippen LogP contribution in [0, 0.1) is 0 Å². The molecule has 2 rings (SSSR count). The number of carboxylic acid groups (broad SMARTS) is 1. The number of carboxylic acids is 1. The Labute approximate surface area is 107 Å². The molecule has 1 saturated heterocycles. The molecule has 0 spiro atoms. The summed E-state index contributed by atoms with van der Waals surface area (Å²) in [6.07, 6.45) is 0. The third-order valence-corrected chi connectivity index (χ3v) is 4.21. The van der Waals surface area contributed by atoms with E-state index in [1.54, 1.807) is 0 Å². The molecule has 2 atom stereocenters. The maximum absolute atomic E-state index is 11.6. The molecule has 2 heterocycles. The molecule has 2 unspecified atom stereocenters. The van der Waals surface area contributed by atoms with Gasteiger partial charge in [-0.2, -0.15) is 0 Å². The van der Waals surface area contributed by atoms with Crippen LogP contribution in [0.3, 0.4) is 0 Å². The van der Waals surface area contributed by atoms with Crippen molar-refractivity contribution in [1.29, 1.82) is 0 Å². The summed E-state index contributed by atoms with van der Waals surface area (Å²) in [4.78, 5) is 34.8. The van der Waals surface area contributed by atoms with Gasteiger partial charge in [0.15, 0.2) is 6.04 Å². The summed E-state index contributed by atoms with van der Waals surface area (Å²) in [5, 5.41) is 8.96. The summed E-state index contributed by atoms with van der Waals surface area (Å²) in [7, 11) is 0. The zero-order chi connectivity index (χ0) is 13.4. The Balaban J connectivity index is 2.26. The minimum Gasteiger partial charge on any atom is -0.477 e. The third-order valence-electron chi connectivity index (χ3n) is 2.81. The Morgan fingerprint density at radius 1 is 1.61 bits per heavy atom. The summed E-state index contributed by atoms with van der Waals surface area (Å²) in [5.74, 6) is -1.54. The number of carbonyl (C=O) groups excluding carboxylic acids is 2. The zero-order valence-corrected chi connectivity index (χ0v) is 10.5. The molecular weight excluding hydrogens is 260 g/mol. The van der Waals surface area contributed by atoms with E-state index in [0.717, 1.165) is 0 Å². The molecule has 0 aromatic heterocycles. The molecule has 0 aromatic carbocycles. The predicted molar refractivity (Wildman–Crippen MR) is 61.1 cm³/mol. The fraction of sp³-hybridized carbons (Fsp3) is 0.500. The lowest BCUT2D eigenvalue weighted by molar-refractivity contribution is -0.423. The van der Waals surface area contributed by atoms with Gasteiger partial charge in [-0.3, -0.25) is 14.5 Å². The van der Waals surface area contributed by atoms with Crippen molar-refractivity contribution in [3.05, 3.63) is 11.3 Å². The first-order valence-electron chi connectivity index (χ1n) is 5.30. The number of quaternary nitrogens is 1. The van der Waals surface area contributed by atoms with Crippen molar-refractivity contribution in [2.45, 2.75) is 18.3 Å². The molecule has 7 nitrogen and oxygen atoms in total. The van der Waals surface area contributed by atoms with Gasteiger partial charge in [-0.15, -0.1) is 11.8 Å². The van der Waals surface area contributed by atoms with Gasteiger partial charge in [0.1, 0.15) is 17.7 Å². The SMILES string of the molecule is CC(=O)OCC1=C(C(=O)O)N2C(=O)C([NH3+])C2SC1. The number of nitrogens with zero attached hydrogens (tertiary/aromatic N) is 1. The highest BCUT2D eigenvalue weighted by Crippen LogP contribution is 2.38. The second kappa shape index (κ2) is 4.62. The quantitative estimate of drug-likeness (QED) is 0.474. The largest absolute Gasteiger partial charge is 0.477 e. The summed E-state index contributed by atoms with van der Waals surface area (Å²) in [6, 6.07) is -0.403. The number of fused-ring (bicyclic) bond motifs is 1. The second-order valence-corrected chi connectivity index (χ2v) is 5.16. The number of β-lactam (4-membered cyclic amide) rings is 1. The van der Waals surface area contributed by atoms with Crippen molar-refractivity contribution in [2.24, 2.45) is 0 Å². The lowest BCUT2D eigenvalue weighted by Crippen LogP contribution is -2.83. The number of thioether (sulfide) groups is 1. The molecule has 0 aliphatic carbocycles. The summed E-state index contributed by atoms with van der Waals surface area (Å²) in [5.41, 5.74) is 4.07. The van der Waals surface area contributed by atoms with Gasteiger partial charge in [0.2, 0.25) is 0 Å². The Morgan fingerprint density at radius 3 is 2.83 bits per heavy atom. The van der Waals surface area contributed by atoms with Crippen LogP contribution in [0.25, 0.3) is 0 Å². The normalized spacial score (nSPS) is 26.6. The van der Waals surface area contributed by atoms with Crippen LogP contribution in [-0.4, -0.2) is 51.6 Å². The molecule has 18 heavy (non-hydrogen) atoms. The van der Waals surface area contributed by atoms with Crippen LogP contribution >= 0.6 is 11.8 Å². The predicted octanol–water partition coefficient (Wildman–Crippen LogP) is -1.59. The zero-order valence-electron chi connectivity index (χ0n) is 9.71. The van der Waals surface area contributed by atoms with Crippen LogP contribution < -0.4 is 5.73 Å². The number of carbonyl (C=O) groups is 3. The highest BCUT2D eigenvalue weighted by atomic mass is 32.2. The first-order chi connectivity index (χ1) is 8.43. The Bertz CT molecular complexity index is 461. The first-order valence-corrected chi connectivity index (χ1v) is 6.34. The third kappa shape index (κ3) is 1.97. The van der Waals surface area contributed by atoms with Gasteiger partial charge in [0, 0.05) is 18.2 Å². The van der Waals surface area contributed by atoms with Gasteiger partial charge in [-0.05, 0) is 0 Å². The van der Waals surface area contributed by atoms with Gasteiger partial charge in [0.25, 0.3) is 5.91 Å². The summed E-state index contributed by atoms with van der Waals surface area (Å²) < 4.78 is 4.80. The number of rotatable bonds is 3. The molecule has 2 aliphatic heterocycles. The number of amides is 1. The van der Waals surface area contributed by atoms with Crippen LogP contribution in [0.1, 0.15) is 6.92 Å². The van der Waals surface area contributed by atoms with E-state index >= 15 is 0 Å². The highest BCUT2D eigenvalue weighted by molar-refractivity contribution is 8.00. The van der Waals surface area contributed by atoms with Crippen LogP contribution in [0.15, 0.2) is 11.3 Å². The standard InChI is InChI=1S/C10H12N2O5S/c1-4(13)17-2-5-3-18-9-6(11)8(14)12(9)7(5)10(15)16/h6,9H,2-3,11H2,1H3,(H,15,16)/p+1. The molecule has 0 aromatic rings. The van der Waals surface area contributed by atoms with Crippen molar-refractivity contribution in [2.75, 3.05) is 12.4 Å². The molecule has 1 fully saturated rings. The molecule has 0 bridgehead atoms. The number of esters is 1. The van der Waals surface area contributed by atoms with Gasteiger partial charge >= 0.3 is 11.9 Å². The van der Waals surface area contributed by atoms with Crippen LogP contribution in [0.2, 0.25) is 0 Å². The van der Waals surface area contributed by atoms with Gasteiger partial charge in [-0.25, -0.2) is 4.79 Å². The maximum Gasteiger partial charge on any atom is 0.352 e. The van der Waals surface area contributed by atoms with Crippen molar-refractivity contribution < 1.29 is 30.0 Å². The molecule has 0 saturated carbocycles. The fourth-order valence-corrected chi connectivity index (χ4v) is 3.23. The molecule has 1 amide bonds. The van der Waals surface area contributed by atoms with E-state index < -0.39 is 18.0 Å². The fourth-order valence-electron chi connectivity index (χ4n) is 1.93. The number of ether oxygens (including phenoxy) is 1. The van der Waals surface area contributed by atoms with E-state index in [2.05, 4.69) is 5.73 Å². The Kier molecular flexibility index (Phi) is 3.31. The molecule has 98 valence electrons. The van der Waals surface area contributed by atoms with Gasteiger partial charge < -0.3 is 15.6 Å². The number of hydrogen-bond acceptors (Lipinski definition) is 5. The minimum atomic E-state index is -1.18. The van der Waals surface area contributed by atoms with Gasteiger partial charge in [0.05, 0.1) is 0 Å². The molecule has 2 aliphatic rings. The van der Waals surface area contributed by atoms with E-state index in [4.69, 9.17) is 4.74 Å². The first kappa shape index (κ1) is 12.9. The maximum atomic E-state index is 11.6.